The minimum atomic E-state index is -0.814. The molecule has 0 bridgehead atoms. The summed E-state index contributed by atoms with van der Waals surface area (Å²) in [6.45, 7) is 1.92. The Bertz CT molecular complexity index is 413. The highest BCUT2D eigenvalue weighted by Crippen LogP contribution is 2.37. The zero-order valence-electron chi connectivity index (χ0n) is 9.92. The van der Waals surface area contributed by atoms with Crippen molar-refractivity contribution >= 4 is 17.7 Å². The van der Waals surface area contributed by atoms with Crippen molar-refractivity contribution in [3.63, 3.8) is 0 Å². The van der Waals surface area contributed by atoms with E-state index >= 15 is 0 Å². The highest BCUT2D eigenvalue weighted by molar-refractivity contribution is 7.99. The minimum Gasteiger partial charge on any atom is -0.481 e. The second-order valence-electron chi connectivity index (χ2n) is 4.24. The molecule has 1 saturated carbocycles. The van der Waals surface area contributed by atoms with Crippen LogP contribution in [0.15, 0.2) is 11.4 Å². The number of aliphatic carboxylic acids is 1. The van der Waals surface area contributed by atoms with E-state index in [1.165, 1.54) is 11.8 Å². The SMILES string of the molecule is COC1CC(n2cc(C)nc2SCC(=O)O)C1. The van der Waals surface area contributed by atoms with Crippen LogP contribution in [0.2, 0.25) is 0 Å². The molecule has 0 radical (unpaired) electrons. The van der Waals surface area contributed by atoms with Crippen LogP contribution in [-0.2, 0) is 9.53 Å². The van der Waals surface area contributed by atoms with Gasteiger partial charge in [-0.05, 0) is 19.8 Å². The van der Waals surface area contributed by atoms with Crippen LogP contribution in [0.1, 0.15) is 24.6 Å². The number of rotatable bonds is 5. The Balaban J connectivity index is 2.03. The smallest absolute Gasteiger partial charge is 0.313 e. The fourth-order valence-corrected chi connectivity index (χ4v) is 2.76. The summed E-state index contributed by atoms with van der Waals surface area (Å²) in [5.41, 5.74) is 0.929. The molecule has 1 N–H and O–H groups in total. The molecule has 0 spiro atoms. The third-order valence-corrected chi connectivity index (χ3v) is 3.89. The van der Waals surface area contributed by atoms with Crippen molar-refractivity contribution in [2.45, 2.75) is 37.1 Å². The van der Waals surface area contributed by atoms with Crippen molar-refractivity contribution in [1.82, 2.24) is 9.55 Å². The second-order valence-corrected chi connectivity index (χ2v) is 5.18. The summed E-state index contributed by atoms with van der Waals surface area (Å²) in [7, 11) is 1.72. The molecule has 1 aliphatic carbocycles. The number of thioether (sulfide) groups is 1. The van der Waals surface area contributed by atoms with Crippen LogP contribution in [0.4, 0.5) is 0 Å². The largest absolute Gasteiger partial charge is 0.481 e. The van der Waals surface area contributed by atoms with Crippen LogP contribution >= 0.6 is 11.8 Å². The Morgan fingerprint density at radius 3 is 3.00 bits per heavy atom. The summed E-state index contributed by atoms with van der Waals surface area (Å²) >= 11 is 1.27. The van der Waals surface area contributed by atoms with Gasteiger partial charge in [0.05, 0.1) is 17.6 Å². The van der Waals surface area contributed by atoms with Gasteiger partial charge in [-0.3, -0.25) is 4.79 Å². The predicted molar refractivity (Wildman–Crippen MR) is 64.4 cm³/mol. The molecule has 1 fully saturated rings. The van der Waals surface area contributed by atoms with Crippen LogP contribution in [0.3, 0.4) is 0 Å². The van der Waals surface area contributed by atoms with Gasteiger partial charge in [-0.1, -0.05) is 11.8 Å². The number of carboxylic acid groups (broad SMARTS) is 1. The maximum Gasteiger partial charge on any atom is 0.313 e. The summed E-state index contributed by atoms with van der Waals surface area (Å²) in [6, 6.07) is 0.400. The fraction of sp³-hybridized carbons (Fsp3) is 0.636. The van der Waals surface area contributed by atoms with Gasteiger partial charge in [0.2, 0.25) is 0 Å². The van der Waals surface area contributed by atoms with Crippen LogP contribution in [0, 0.1) is 6.92 Å². The molecule has 94 valence electrons. The van der Waals surface area contributed by atoms with E-state index in [1.807, 2.05) is 13.1 Å². The number of nitrogens with zero attached hydrogens (tertiary/aromatic N) is 2. The van der Waals surface area contributed by atoms with E-state index in [0.717, 1.165) is 23.7 Å². The fourth-order valence-electron chi connectivity index (χ4n) is 1.95. The van der Waals surface area contributed by atoms with Gasteiger partial charge in [-0.15, -0.1) is 0 Å². The first-order valence-electron chi connectivity index (χ1n) is 5.53. The number of imidazole rings is 1. The van der Waals surface area contributed by atoms with E-state index in [-0.39, 0.29) is 5.75 Å². The van der Waals surface area contributed by atoms with E-state index in [2.05, 4.69) is 9.55 Å². The molecule has 0 atom stereocenters. The molecule has 0 aromatic carbocycles. The lowest BCUT2D eigenvalue weighted by Crippen LogP contribution is -2.32. The van der Waals surface area contributed by atoms with Crippen molar-refractivity contribution in [3.05, 3.63) is 11.9 Å². The third-order valence-electron chi connectivity index (χ3n) is 2.94. The molecule has 6 heteroatoms. The van der Waals surface area contributed by atoms with Crippen LogP contribution < -0.4 is 0 Å². The zero-order chi connectivity index (χ0) is 12.4. The summed E-state index contributed by atoms with van der Waals surface area (Å²) in [5, 5.41) is 9.48. The summed E-state index contributed by atoms with van der Waals surface area (Å²) in [4.78, 5) is 14.9. The average molecular weight is 256 g/mol. The number of methoxy groups -OCH3 is 1. The molecule has 1 aromatic rings. The number of ether oxygens (including phenoxy) is 1. The van der Waals surface area contributed by atoms with E-state index in [1.54, 1.807) is 7.11 Å². The summed E-state index contributed by atoms with van der Waals surface area (Å²) < 4.78 is 7.33. The number of carbonyl (C=O) groups is 1. The minimum absolute atomic E-state index is 0.0525. The van der Waals surface area contributed by atoms with Crippen molar-refractivity contribution in [3.8, 4) is 0 Å². The van der Waals surface area contributed by atoms with E-state index < -0.39 is 5.97 Å². The summed E-state index contributed by atoms with van der Waals surface area (Å²) in [6.07, 6.45) is 4.28. The molecule has 0 aliphatic heterocycles. The first kappa shape index (κ1) is 12.4. The highest BCUT2D eigenvalue weighted by Gasteiger charge is 2.31. The van der Waals surface area contributed by atoms with Crippen LogP contribution in [0.25, 0.3) is 0 Å². The molecule has 0 saturated heterocycles. The van der Waals surface area contributed by atoms with Crippen LogP contribution in [-0.4, -0.2) is 39.6 Å². The predicted octanol–water partition coefficient (Wildman–Crippen LogP) is 1.72. The standard InChI is InChI=1S/C11H16N2O3S/c1-7-5-13(8-3-9(4-8)16-2)11(12-7)17-6-10(14)15/h5,8-9H,3-4,6H2,1-2H3,(H,14,15). The van der Waals surface area contributed by atoms with Gasteiger partial charge in [0, 0.05) is 19.3 Å². The zero-order valence-corrected chi connectivity index (χ0v) is 10.7. The maximum atomic E-state index is 10.6. The number of hydrogen-bond donors (Lipinski definition) is 1. The molecule has 1 aromatic heterocycles. The molecule has 2 rings (SSSR count). The van der Waals surface area contributed by atoms with Gasteiger partial charge < -0.3 is 14.4 Å². The Hall–Kier alpha value is -1.01. The Morgan fingerprint density at radius 1 is 1.71 bits per heavy atom. The Morgan fingerprint density at radius 2 is 2.41 bits per heavy atom. The van der Waals surface area contributed by atoms with Crippen molar-refractivity contribution in [1.29, 1.82) is 0 Å². The van der Waals surface area contributed by atoms with Gasteiger partial charge in [0.15, 0.2) is 5.16 Å². The maximum absolute atomic E-state index is 10.6. The van der Waals surface area contributed by atoms with Gasteiger partial charge in [0.25, 0.3) is 0 Å². The van der Waals surface area contributed by atoms with E-state index in [0.29, 0.717) is 12.1 Å². The molecule has 1 aliphatic rings. The first-order valence-corrected chi connectivity index (χ1v) is 6.51. The Kier molecular flexibility index (Phi) is 3.73. The second kappa shape index (κ2) is 5.10. The van der Waals surface area contributed by atoms with Crippen molar-refractivity contribution in [2.24, 2.45) is 0 Å². The summed E-state index contributed by atoms with van der Waals surface area (Å²) in [5.74, 6) is -0.762. The number of carboxylic acids is 1. The van der Waals surface area contributed by atoms with Gasteiger partial charge in [0.1, 0.15) is 0 Å². The van der Waals surface area contributed by atoms with Gasteiger partial charge in [-0.2, -0.15) is 0 Å². The van der Waals surface area contributed by atoms with Gasteiger partial charge in [-0.25, -0.2) is 4.98 Å². The molecule has 5 nitrogen and oxygen atoms in total. The molecule has 17 heavy (non-hydrogen) atoms. The first-order chi connectivity index (χ1) is 8.10. The number of hydrogen-bond acceptors (Lipinski definition) is 4. The normalized spacial score (nSPS) is 23.4. The monoisotopic (exact) mass is 256 g/mol. The van der Waals surface area contributed by atoms with Crippen molar-refractivity contribution in [2.75, 3.05) is 12.9 Å². The quantitative estimate of drug-likeness (QED) is 0.813. The topological polar surface area (TPSA) is 64.4 Å². The molecule has 0 unspecified atom stereocenters. The molecular weight excluding hydrogens is 240 g/mol. The van der Waals surface area contributed by atoms with E-state index in [9.17, 15) is 4.79 Å². The van der Waals surface area contributed by atoms with Gasteiger partial charge >= 0.3 is 5.97 Å². The lowest BCUT2D eigenvalue weighted by atomic mass is 9.89. The van der Waals surface area contributed by atoms with Crippen molar-refractivity contribution < 1.29 is 14.6 Å². The third kappa shape index (κ3) is 2.81. The lowest BCUT2D eigenvalue weighted by Gasteiger charge is -2.35. The lowest BCUT2D eigenvalue weighted by molar-refractivity contribution is -0.133. The molecular formula is C11H16N2O3S. The average Bonchev–Trinajstić information content (AvgIpc) is 2.55. The number of aryl methyl sites for hydroxylation is 1. The van der Waals surface area contributed by atoms with Crippen LogP contribution in [0.5, 0.6) is 0 Å². The number of aromatic nitrogens is 2. The molecule has 0 amide bonds. The highest BCUT2D eigenvalue weighted by atomic mass is 32.2. The molecule has 1 heterocycles. The Labute approximate surface area is 104 Å². The van der Waals surface area contributed by atoms with E-state index in [4.69, 9.17) is 9.84 Å².